The van der Waals surface area contributed by atoms with Crippen molar-refractivity contribution in [3.63, 3.8) is 0 Å². The SMILES string of the molecule is Cc1ccc(/C=C(/C(=O)O)c2ccc(C)cc2)cc1. The lowest BCUT2D eigenvalue weighted by molar-refractivity contribution is -0.130. The summed E-state index contributed by atoms with van der Waals surface area (Å²) in [5.74, 6) is -0.913. The van der Waals surface area contributed by atoms with Crippen LogP contribution in [0.4, 0.5) is 0 Å². The predicted molar refractivity (Wildman–Crippen MR) is 77.9 cm³/mol. The molecule has 0 fully saturated rings. The molecule has 0 aromatic heterocycles. The number of aliphatic carboxylic acids is 1. The van der Waals surface area contributed by atoms with Crippen molar-refractivity contribution < 1.29 is 9.90 Å². The molecule has 1 N–H and O–H groups in total. The maximum atomic E-state index is 11.4. The van der Waals surface area contributed by atoms with E-state index in [0.717, 1.165) is 22.3 Å². The lowest BCUT2D eigenvalue weighted by Gasteiger charge is -2.04. The molecule has 0 amide bonds. The van der Waals surface area contributed by atoms with Gasteiger partial charge in [0.15, 0.2) is 0 Å². The Hall–Kier alpha value is -2.35. The molecule has 0 unspecified atom stereocenters. The molecule has 0 spiro atoms. The van der Waals surface area contributed by atoms with Gasteiger partial charge in [-0.15, -0.1) is 0 Å². The number of aryl methyl sites for hydroxylation is 2. The van der Waals surface area contributed by atoms with E-state index < -0.39 is 5.97 Å². The maximum Gasteiger partial charge on any atom is 0.336 e. The van der Waals surface area contributed by atoms with Crippen LogP contribution < -0.4 is 0 Å². The Balaban J connectivity index is 2.43. The number of hydrogen-bond acceptors (Lipinski definition) is 1. The van der Waals surface area contributed by atoms with E-state index in [0.29, 0.717) is 5.57 Å². The Kier molecular flexibility index (Phi) is 3.81. The number of carbonyl (C=O) groups is 1. The topological polar surface area (TPSA) is 37.3 Å². The fourth-order valence-corrected chi connectivity index (χ4v) is 1.83. The first kappa shape index (κ1) is 13.1. The highest BCUT2D eigenvalue weighted by molar-refractivity contribution is 6.20. The van der Waals surface area contributed by atoms with Gasteiger partial charge >= 0.3 is 5.97 Å². The van der Waals surface area contributed by atoms with Gasteiger partial charge < -0.3 is 5.11 Å². The Morgan fingerprint density at radius 2 is 1.37 bits per heavy atom. The van der Waals surface area contributed by atoms with Gasteiger partial charge in [-0.25, -0.2) is 4.79 Å². The van der Waals surface area contributed by atoms with Crippen LogP contribution in [0.2, 0.25) is 0 Å². The van der Waals surface area contributed by atoms with Gasteiger partial charge in [-0.2, -0.15) is 0 Å². The van der Waals surface area contributed by atoms with Crippen LogP contribution in [-0.4, -0.2) is 11.1 Å². The second kappa shape index (κ2) is 5.53. The molecule has 0 aliphatic rings. The number of hydrogen-bond donors (Lipinski definition) is 1. The van der Waals surface area contributed by atoms with E-state index in [-0.39, 0.29) is 0 Å². The minimum absolute atomic E-state index is 0.309. The van der Waals surface area contributed by atoms with E-state index in [1.54, 1.807) is 6.08 Å². The summed E-state index contributed by atoms with van der Waals surface area (Å²) < 4.78 is 0. The average Bonchev–Trinajstić information content (AvgIpc) is 2.39. The van der Waals surface area contributed by atoms with Crippen LogP contribution >= 0.6 is 0 Å². The van der Waals surface area contributed by atoms with Gasteiger partial charge in [-0.1, -0.05) is 59.7 Å². The van der Waals surface area contributed by atoms with Crippen LogP contribution in [-0.2, 0) is 4.79 Å². The summed E-state index contributed by atoms with van der Waals surface area (Å²) in [6.07, 6.45) is 1.70. The normalized spacial score (nSPS) is 11.4. The van der Waals surface area contributed by atoms with Crippen LogP contribution in [0, 0.1) is 13.8 Å². The van der Waals surface area contributed by atoms with E-state index in [2.05, 4.69) is 0 Å². The summed E-state index contributed by atoms with van der Waals surface area (Å²) in [6.45, 7) is 3.99. The molecule has 2 heteroatoms. The number of carboxylic acids is 1. The Labute approximate surface area is 113 Å². The summed E-state index contributed by atoms with van der Waals surface area (Å²) in [7, 11) is 0. The van der Waals surface area contributed by atoms with Crippen LogP contribution in [0.3, 0.4) is 0 Å². The van der Waals surface area contributed by atoms with E-state index in [1.807, 2.05) is 62.4 Å². The first-order chi connectivity index (χ1) is 9.06. The standard InChI is InChI=1S/C17H16O2/c1-12-3-7-14(8-4-12)11-16(17(18)19)15-9-5-13(2)6-10-15/h3-11H,1-2H3,(H,18,19)/b16-11+. The van der Waals surface area contributed by atoms with Crippen LogP contribution in [0.15, 0.2) is 48.5 Å². The minimum atomic E-state index is -0.913. The van der Waals surface area contributed by atoms with Crippen LogP contribution in [0.5, 0.6) is 0 Å². The van der Waals surface area contributed by atoms with E-state index in [1.165, 1.54) is 0 Å². The predicted octanol–water partition coefficient (Wildman–Crippen LogP) is 3.93. The maximum absolute atomic E-state index is 11.4. The molecule has 2 rings (SSSR count). The van der Waals surface area contributed by atoms with Crippen molar-refractivity contribution in [3.05, 3.63) is 70.8 Å². The fourth-order valence-electron chi connectivity index (χ4n) is 1.83. The fraction of sp³-hybridized carbons (Fsp3) is 0.118. The van der Waals surface area contributed by atoms with Gasteiger partial charge in [0.1, 0.15) is 0 Å². The molecular weight excluding hydrogens is 236 g/mol. The third kappa shape index (κ3) is 3.32. The summed E-state index contributed by atoms with van der Waals surface area (Å²) >= 11 is 0. The molecule has 0 aliphatic carbocycles. The molecule has 0 aliphatic heterocycles. The van der Waals surface area contributed by atoms with Crippen molar-refractivity contribution >= 4 is 17.6 Å². The highest BCUT2D eigenvalue weighted by Gasteiger charge is 2.09. The van der Waals surface area contributed by atoms with Gasteiger partial charge in [0, 0.05) is 0 Å². The highest BCUT2D eigenvalue weighted by Crippen LogP contribution is 2.19. The Bertz CT molecular complexity index is 605. The zero-order valence-corrected chi connectivity index (χ0v) is 11.1. The van der Waals surface area contributed by atoms with Gasteiger partial charge in [0.05, 0.1) is 5.57 Å². The van der Waals surface area contributed by atoms with Crippen molar-refractivity contribution in [1.29, 1.82) is 0 Å². The van der Waals surface area contributed by atoms with Gasteiger partial charge in [0.25, 0.3) is 0 Å². The molecule has 0 heterocycles. The first-order valence-electron chi connectivity index (χ1n) is 6.15. The molecule has 0 saturated heterocycles. The van der Waals surface area contributed by atoms with Gasteiger partial charge in [0.2, 0.25) is 0 Å². The molecule has 0 bridgehead atoms. The zero-order valence-electron chi connectivity index (χ0n) is 11.1. The average molecular weight is 252 g/mol. The summed E-state index contributed by atoms with van der Waals surface area (Å²) in [5.41, 5.74) is 4.19. The van der Waals surface area contributed by atoms with E-state index in [9.17, 15) is 9.90 Å². The molecule has 0 saturated carbocycles. The quantitative estimate of drug-likeness (QED) is 0.664. The zero-order chi connectivity index (χ0) is 13.8. The Morgan fingerprint density at radius 3 is 1.84 bits per heavy atom. The third-order valence-electron chi connectivity index (χ3n) is 2.98. The highest BCUT2D eigenvalue weighted by atomic mass is 16.4. The Morgan fingerprint density at radius 1 is 0.895 bits per heavy atom. The van der Waals surface area contributed by atoms with Gasteiger partial charge in [-0.3, -0.25) is 0 Å². The van der Waals surface area contributed by atoms with Gasteiger partial charge in [-0.05, 0) is 31.1 Å². The molecule has 2 aromatic rings. The van der Waals surface area contributed by atoms with Crippen molar-refractivity contribution in [2.24, 2.45) is 0 Å². The van der Waals surface area contributed by atoms with Crippen LogP contribution in [0.1, 0.15) is 22.3 Å². The van der Waals surface area contributed by atoms with E-state index >= 15 is 0 Å². The third-order valence-corrected chi connectivity index (χ3v) is 2.98. The van der Waals surface area contributed by atoms with Crippen molar-refractivity contribution in [3.8, 4) is 0 Å². The molecule has 2 aromatic carbocycles. The van der Waals surface area contributed by atoms with Crippen LogP contribution in [0.25, 0.3) is 11.6 Å². The lowest BCUT2D eigenvalue weighted by Crippen LogP contribution is -1.99. The monoisotopic (exact) mass is 252 g/mol. The first-order valence-corrected chi connectivity index (χ1v) is 6.15. The largest absolute Gasteiger partial charge is 0.478 e. The van der Waals surface area contributed by atoms with Crippen molar-refractivity contribution in [2.45, 2.75) is 13.8 Å². The second-order valence-corrected chi connectivity index (χ2v) is 4.64. The minimum Gasteiger partial charge on any atom is -0.478 e. The molecular formula is C17H16O2. The number of rotatable bonds is 3. The molecule has 2 nitrogen and oxygen atoms in total. The molecule has 96 valence electrons. The smallest absolute Gasteiger partial charge is 0.336 e. The number of benzene rings is 2. The summed E-state index contributed by atoms with van der Waals surface area (Å²) in [4.78, 5) is 11.4. The second-order valence-electron chi connectivity index (χ2n) is 4.64. The number of carboxylic acid groups (broad SMARTS) is 1. The molecule has 0 radical (unpaired) electrons. The van der Waals surface area contributed by atoms with Crippen molar-refractivity contribution in [1.82, 2.24) is 0 Å². The lowest BCUT2D eigenvalue weighted by atomic mass is 10.0. The van der Waals surface area contributed by atoms with Crippen molar-refractivity contribution in [2.75, 3.05) is 0 Å². The molecule has 19 heavy (non-hydrogen) atoms. The summed E-state index contributed by atoms with van der Waals surface area (Å²) in [6, 6.07) is 15.3. The molecule has 0 atom stereocenters. The summed E-state index contributed by atoms with van der Waals surface area (Å²) in [5, 5.41) is 9.34. The van der Waals surface area contributed by atoms with E-state index in [4.69, 9.17) is 0 Å².